The maximum absolute atomic E-state index is 9.19. The van der Waals surface area contributed by atoms with E-state index in [0.29, 0.717) is 0 Å². The highest BCUT2D eigenvalue weighted by molar-refractivity contribution is 5.90. The first-order chi connectivity index (χ1) is 7.77. The van der Waals surface area contributed by atoms with Crippen molar-refractivity contribution in [2.24, 2.45) is 0 Å². The highest BCUT2D eigenvalue weighted by Crippen LogP contribution is 2.20. The SMILES string of the molecule is CC(O)CCNc1ccnc2ccccc12. The fourth-order valence-corrected chi connectivity index (χ4v) is 1.67. The Morgan fingerprint density at radius 3 is 2.94 bits per heavy atom. The van der Waals surface area contributed by atoms with Crippen LogP contribution >= 0.6 is 0 Å². The van der Waals surface area contributed by atoms with Crippen molar-refractivity contribution in [3.63, 3.8) is 0 Å². The Bertz CT molecular complexity index is 463. The Morgan fingerprint density at radius 2 is 2.12 bits per heavy atom. The molecule has 0 amide bonds. The smallest absolute Gasteiger partial charge is 0.0722 e. The molecule has 1 atom stereocenters. The van der Waals surface area contributed by atoms with Gasteiger partial charge >= 0.3 is 0 Å². The molecule has 0 spiro atoms. The molecule has 0 bridgehead atoms. The summed E-state index contributed by atoms with van der Waals surface area (Å²) in [6.45, 7) is 2.57. The molecule has 0 radical (unpaired) electrons. The van der Waals surface area contributed by atoms with Crippen LogP contribution in [0.4, 0.5) is 5.69 Å². The number of hydrogen-bond donors (Lipinski definition) is 2. The lowest BCUT2D eigenvalue weighted by atomic mass is 10.2. The minimum Gasteiger partial charge on any atom is -0.393 e. The molecule has 0 saturated heterocycles. The molecule has 1 aromatic heterocycles. The molecule has 1 heterocycles. The Morgan fingerprint density at radius 1 is 1.31 bits per heavy atom. The normalized spacial score (nSPS) is 12.6. The number of benzene rings is 1. The first-order valence-electron chi connectivity index (χ1n) is 5.53. The highest BCUT2D eigenvalue weighted by Gasteiger charge is 2.01. The average Bonchev–Trinajstić information content (AvgIpc) is 2.29. The number of aliphatic hydroxyl groups excluding tert-OH is 1. The van der Waals surface area contributed by atoms with E-state index in [1.54, 1.807) is 13.1 Å². The zero-order valence-electron chi connectivity index (χ0n) is 9.35. The number of nitrogens with one attached hydrogen (secondary N) is 1. The summed E-state index contributed by atoms with van der Waals surface area (Å²) in [6, 6.07) is 9.99. The number of aromatic nitrogens is 1. The largest absolute Gasteiger partial charge is 0.393 e. The van der Waals surface area contributed by atoms with Gasteiger partial charge in [-0.1, -0.05) is 18.2 Å². The number of hydrogen-bond acceptors (Lipinski definition) is 3. The zero-order valence-corrected chi connectivity index (χ0v) is 9.35. The topological polar surface area (TPSA) is 45.1 Å². The number of anilines is 1. The van der Waals surface area contributed by atoms with Crippen LogP contribution in [0.5, 0.6) is 0 Å². The van der Waals surface area contributed by atoms with Gasteiger partial charge in [-0.3, -0.25) is 4.98 Å². The van der Waals surface area contributed by atoms with Gasteiger partial charge in [0.25, 0.3) is 0 Å². The van der Waals surface area contributed by atoms with Crippen LogP contribution in [0.25, 0.3) is 10.9 Å². The predicted molar refractivity (Wildman–Crippen MR) is 66.5 cm³/mol. The van der Waals surface area contributed by atoms with Gasteiger partial charge in [-0.25, -0.2) is 0 Å². The first-order valence-corrected chi connectivity index (χ1v) is 5.53. The third-order valence-electron chi connectivity index (χ3n) is 2.53. The summed E-state index contributed by atoms with van der Waals surface area (Å²) in [7, 11) is 0. The van der Waals surface area contributed by atoms with Crippen LogP contribution in [0.15, 0.2) is 36.5 Å². The van der Waals surface area contributed by atoms with Crippen LogP contribution in [0.3, 0.4) is 0 Å². The monoisotopic (exact) mass is 216 g/mol. The van der Waals surface area contributed by atoms with E-state index >= 15 is 0 Å². The van der Waals surface area contributed by atoms with Crippen molar-refractivity contribution in [3.8, 4) is 0 Å². The molecule has 1 aromatic carbocycles. The van der Waals surface area contributed by atoms with E-state index in [1.807, 2.05) is 30.3 Å². The second-order valence-electron chi connectivity index (χ2n) is 3.94. The number of para-hydroxylation sites is 1. The van der Waals surface area contributed by atoms with Crippen molar-refractivity contribution < 1.29 is 5.11 Å². The second-order valence-corrected chi connectivity index (χ2v) is 3.94. The van der Waals surface area contributed by atoms with Crippen molar-refractivity contribution >= 4 is 16.6 Å². The quantitative estimate of drug-likeness (QED) is 0.825. The van der Waals surface area contributed by atoms with Gasteiger partial charge in [-0.2, -0.15) is 0 Å². The molecule has 0 fully saturated rings. The van der Waals surface area contributed by atoms with Gasteiger partial charge in [0, 0.05) is 23.8 Å². The van der Waals surface area contributed by atoms with Crippen molar-refractivity contribution in [1.29, 1.82) is 0 Å². The van der Waals surface area contributed by atoms with Crippen LogP contribution in [0, 0.1) is 0 Å². The molecular weight excluding hydrogens is 200 g/mol. The fraction of sp³-hybridized carbons (Fsp3) is 0.308. The van der Waals surface area contributed by atoms with Crippen molar-refractivity contribution in [3.05, 3.63) is 36.5 Å². The van der Waals surface area contributed by atoms with E-state index in [9.17, 15) is 5.11 Å². The van der Waals surface area contributed by atoms with E-state index in [4.69, 9.17) is 0 Å². The summed E-state index contributed by atoms with van der Waals surface area (Å²) in [5, 5.41) is 13.6. The van der Waals surface area contributed by atoms with Crippen molar-refractivity contribution in [2.75, 3.05) is 11.9 Å². The van der Waals surface area contributed by atoms with Gasteiger partial charge in [-0.15, -0.1) is 0 Å². The standard InChI is InChI=1S/C13H16N2O/c1-10(16)6-8-14-13-7-9-15-12-5-3-2-4-11(12)13/h2-5,7,9-10,16H,6,8H2,1H3,(H,14,15). The van der Waals surface area contributed by atoms with E-state index in [2.05, 4.69) is 10.3 Å². The van der Waals surface area contributed by atoms with Gasteiger partial charge < -0.3 is 10.4 Å². The molecule has 2 N–H and O–H groups in total. The Hall–Kier alpha value is -1.61. The summed E-state index contributed by atoms with van der Waals surface area (Å²) in [5.74, 6) is 0. The predicted octanol–water partition coefficient (Wildman–Crippen LogP) is 2.42. The van der Waals surface area contributed by atoms with E-state index in [-0.39, 0.29) is 6.10 Å². The van der Waals surface area contributed by atoms with Crippen LogP contribution < -0.4 is 5.32 Å². The molecule has 2 aromatic rings. The summed E-state index contributed by atoms with van der Waals surface area (Å²) in [4.78, 5) is 4.30. The van der Waals surface area contributed by atoms with E-state index in [1.165, 1.54) is 0 Å². The minimum atomic E-state index is -0.263. The molecule has 84 valence electrons. The highest BCUT2D eigenvalue weighted by atomic mass is 16.3. The van der Waals surface area contributed by atoms with Crippen molar-refractivity contribution in [2.45, 2.75) is 19.4 Å². The molecule has 0 aliphatic rings. The zero-order chi connectivity index (χ0) is 11.4. The molecule has 2 rings (SSSR count). The van der Waals surface area contributed by atoms with E-state index in [0.717, 1.165) is 29.6 Å². The van der Waals surface area contributed by atoms with Gasteiger partial charge in [0.05, 0.1) is 11.6 Å². The molecule has 0 saturated carbocycles. The summed E-state index contributed by atoms with van der Waals surface area (Å²) in [6.07, 6.45) is 2.28. The number of aliphatic hydroxyl groups is 1. The van der Waals surface area contributed by atoms with Gasteiger partial charge in [0.2, 0.25) is 0 Å². The lowest BCUT2D eigenvalue weighted by Gasteiger charge is -2.10. The third kappa shape index (κ3) is 2.49. The molecule has 3 nitrogen and oxygen atoms in total. The van der Waals surface area contributed by atoms with Gasteiger partial charge in [0.15, 0.2) is 0 Å². The third-order valence-corrected chi connectivity index (χ3v) is 2.53. The minimum absolute atomic E-state index is 0.263. The Labute approximate surface area is 95.1 Å². The molecular formula is C13H16N2O. The maximum atomic E-state index is 9.19. The molecule has 1 unspecified atom stereocenters. The van der Waals surface area contributed by atoms with Crippen molar-refractivity contribution in [1.82, 2.24) is 4.98 Å². The van der Waals surface area contributed by atoms with Crippen LogP contribution in [0.1, 0.15) is 13.3 Å². The van der Waals surface area contributed by atoms with Crippen LogP contribution in [0.2, 0.25) is 0 Å². The molecule has 16 heavy (non-hydrogen) atoms. The second kappa shape index (κ2) is 4.94. The van der Waals surface area contributed by atoms with Crippen LogP contribution in [-0.4, -0.2) is 22.7 Å². The number of nitrogens with zero attached hydrogens (tertiary/aromatic N) is 1. The number of fused-ring (bicyclic) bond motifs is 1. The Kier molecular flexibility index (Phi) is 3.37. The average molecular weight is 216 g/mol. The lowest BCUT2D eigenvalue weighted by Crippen LogP contribution is -2.09. The molecule has 0 aliphatic carbocycles. The molecule has 0 aliphatic heterocycles. The maximum Gasteiger partial charge on any atom is 0.0722 e. The van der Waals surface area contributed by atoms with E-state index < -0.39 is 0 Å². The number of pyridine rings is 1. The van der Waals surface area contributed by atoms with Gasteiger partial charge in [0.1, 0.15) is 0 Å². The van der Waals surface area contributed by atoms with Crippen LogP contribution in [-0.2, 0) is 0 Å². The Balaban J connectivity index is 2.17. The summed E-state index contributed by atoms with van der Waals surface area (Å²) >= 11 is 0. The lowest BCUT2D eigenvalue weighted by molar-refractivity contribution is 0.189. The summed E-state index contributed by atoms with van der Waals surface area (Å²) in [5.41, 5.74) is 2.07. The first kappa shape index (κ1) is 10.9. The fourth-order valence-electron chi connectivity index (χ4n) is 1.67. The van der Waals surface area contributed by atoms with Gasteiger partial charge in [-0.05, 0) is 25.5 Å². The number of rotatable bonds is 4. The molecule has 3 heteroatoms. The summed E-state index contributed by atoms with van der Waals surface area (Å²) < 4.78 is 0.